The Morgan fingerprint density at radius 3 is 1.71 bits per heavy atom. The zero-order valence-electron chi connectivity index (χ0n) is 12.4. The van der Waals surface area contributed by atoms with Gasteiger partial charge in [-0.3, -0.25) is 0 Å². The van der Waals surface area contributed by atoms with Crippen molar-refractivity contribution in [3.8, 4) is 0 Å². The Hall–Kier alpha value is -0.0800. The van der Waals surface area contributed by atoms with Gasteiger partial charge in [0.05, 0.1) is 6.10 Å². The molecule has 104 valence electrons. The molecule has 2 aliphatic rings. The van der Waals surface area contributed by atoms with Crippen molar-refractivity contribution in [2.24, 2.45) is 5.92 Å². The number of piperidine rings is 1. The summed E-state index contributed by atoms with van der Waals surface area (Å²) < 4.78 is 5.19. The second-order valence-corrected chi connectivity index (χ2v) is 4.93. The second-order valence-electron chi connectivity index (χ2n) is 4.93. The Bertz CT molecular complexity index is 138. The number of rotatable bonds is 1. The summed E-state index contributed by atoms with van der Waals surface area (Å²) in [6.07, 6.45) is 10.1. The Labute approximate surface area is 109 Å². The molecule has 1 N–H and O–H groups in total. The minimum absolute atomic E-state index is 0.587. The Kier molecular flexibility index (Phi) is 12.3. The first kappa shape index (κ1) is 16.9. The highest BCUT2D eigenvalue weighted by Crippen LogP contribution is 2.19. The van der Waals surface area contributed by atoms with Crippen LogP contribution in [-0.2, 0) is 4.74 Å². The van der Waals surface area contributed by atoms with Crippen molar-refractivity contribution in [1.29, 1.82) is 0 Å². The molecule has 17 heavy (non-hydrogen) atoms. The molecule has 1 heterocycles. The van der Waals surface area contributed by atoms with Crippen LogP contribution < -0.4 is 5.32 Å². The van der Waals surface area contributed by atoms with Crippen molar-refractivity contribution < 1.29 is 4.74 Å². The fourth-order valence-corrected chi connectivity index (χ4v) is 2.27. The summed E-state index contributed by atoms with van der Waals surface area (Å²) in [5.41, 5.74) is 0. The molecule has 0 aromatic heterocycles. The largest absolute Gasteiger partial charge is 0.381 e. The van der Waals surface area contributed by atoms with Crippen LogP contribution in [0.15, 0.2) is 0 Å². The first-order valence-electron chi connectivity index (χ1n) is 7.56. The van der Waals surface area contributed by atoms with Crippen molar-refractivity contribution in [2.75, 3.05) is 20.2 Å². The van der Waals surface area contributed by atoms with Crippen molar-refractivity contribution >= 4 is 0 Å². The Balaban J connectivity index is 0.000000265. The molecule has 1 saturated heterocycles. The molecule has 1 aliphatic heterocycles. The van der Waals surface area contributed by atoms with E-state index in [1.165, 1.54) is 58.0 Å². The van der Waals surface area contributed by atoms with Gasteiger partial charge < -0.3 is 10.1 Å². The highest BCUT2D eigenvalue weighted by molar-refractivity contribution is 4.64. The second kappa shape index (κ2) is 12.4. The van der Waals surface area contributed by atoms with Crippen molar-refractivity contribution in [3.05, 3.63) is 0 Å². The van der Waals surface area contributed by atoms with E-state index in [0.717, 1.165) is 5.92 Å². The van der Waals surface area contributed by atoms with Crippen LogP contribution in [0.4, 0.5) is 0 Å². The number of hydrogen-bond donors (Lipinski definition) is 1. The van der Waals surface area contributed by atoms with E-state index in [9.17, 15) is 0 Å². The number of ether oxygens (including phenoxy) is 1. The first-order chi connectivity index (χ1) is 8.33. The summed E-state index contributed by atoms with van der Waals surface area (Å²) >= 11 is 0. The van der Waals surface area contributed by atoms with Crippen LogP contribution in [0.3, 0.4) is 0 Å². The fourth-order valence-electron chi connectivity index (χ4n) is 2.27. The minimum Gasteiger partial charge on any atom is -0.381 e. The standard InChI is InChI=1S/C7H14O.C6H13N.C2H6/c1-8-7-5-3-2-4-6-7;1-6-2-4-7-5-3-6;1-2/h7H,2-6H2,1H3;6-7H,2-5H2,1H3;1-2H3. The predicted molar refractivity (Wildman–Crippen MR) is 76.5 cm³/mol. The van der Waals surface area contributed by atoms with Crippen LogP contribution in [0.2, 0.25) is 0 Å². The van der Waals surface area contributed by atoms with Crippen LogP contribution in [0.5, 0.6) is 0 Å². The third kappa shape index (κ3) is 9.61. The van der Waals surface area contributed by atoms with Gasteiger partial charge in [-0.2, -0.15) is 0 Å². The lowest BCUT2D eigenvalue weighted by Crippen LogP contribution is -2.26. The molecule has 0 atom stereocenters. The molecule has 0 unspecified atom stereocenters. The molecule has 2 fully saturated rings. The van der Waals surface area contributed by atoms with Gasteiger partial charge in [0.2, 0.25) is 0 Å². The van der Waals surface area contributed by atoms with Gasteiger partial charge in [-0.15, -0.1) is 0 Å². The van der Waals surface area contributed by atoms with Crippen LogP contribution in [0, 0.1) is 5.92 Å². The number of methoxy groups -OCH3 is 1. The molecular weight excluding hydrogens is 210 g/mol. The molecule has 0 aromatic carbocycles. The molecule has 1 saturated carbocycles. The van der Waals surface area contributed by atoms with E-state index < -0.39 is 0 Å². The molecule has 0 aromatic rings. The summed E-state index contributed by atoms with van der Waals surface area (Å²) in [7, 11) is 1.82. The third-order valence-corrected chi connectivity index (χ3v) is 3.51. The third-order valence-electron chi connectivity index (χ3n) is 3.51. The van der Waals surface area contributed by atoms with Crippen LogP contribution in [0.25, 0.3) is 0 Å². The Morgan fingerprint density at radius 1 is 0.882 bits per heavy atom. The van der Waals surface area contributed by atoms with Gasteiger partial charge in [0.1, 0.15) is 0 Å². The predicted octanol–water partition coefficient (Wildman–Crippen LogP) is 4.00. The highest BCUT2D eigenvalue weighted by atomic mass is 16.5. The van der Waals surface area contributed by atoms with Gasteiger partial charge in [0, 0.05) is 7.11 Å². The fraction of sp³-hybridized carbons (Fsp3) is 1.00. The maximum Gasteiger partial charge on any atom is 0.0571 e. The molecule has 0 spiro atoms. The van der Waals surface area contributed by atoms with Crippen molar-refractivity contribution in [3.63, 3.8) is 0 Å². The summed E-state index contributed by atoms with van der Waals surface area (Å²) in [6.45, 7) is 8.79. The van der Waals surface area contributed by atoms with Gasteiger partial charge in [0.25, 0.3) is 0 Å². The van der Waals surface area contributed by atoms with Gasteiger partial charge in [-0.1, -0.05) is 40.0 Å². The summed E-state index contributed by atoms with van der Waals surface area (Å²) in [5.74, 6) is 0.973. The smallest absolute Gasteiger partial charge is 0.0571 e. The maximum absolute atomic E-state index is 5.19. The average molecular weight is 243 g/mol. The van der Waals surface area contributed by atoms with Gasteiger partial charge >= 0.3 is 0 Å². The lowest BCUT2D eigenvalue weighted by molar-refractivity contribution is 0.0710. The highest BCUT2D eigenvalue weighted by Gasteiger charge is 2.10. The lowest BCUT2D eigenvalue weighted by atomic mass is 9.98. The van der Waals surface area contributed by atoms with Crippen molar-refractivity contribution in [1.82, 2.24) is 5.32 Å². The van der Waals surface area contributed by atoms with E-state index in [2.05, 4.69) is 12.2 Å². The normalized spacial score (nSPS) is 21.9. The van der Waals surface area contributed by atoms with Gasteiger partial charge in [-0.05, 0) is 44.7 Å². The molecule has 0 bridgehead atoms. The van der Waals surface area contributed by atoms with Gasteiger partial charge in [0.15, 0.2) is 0 Å². The monoisotopic (exact) mass is 243 g/mol. The summed E-state index contributed by atoms with van der Waals surface area (Å²) in [5, 5.41) is 3.32. The van der Waals surface area contributed by atoms with Crippen LogP contribution >= 0.6 is 0 Å². The van der Waals surface area contributed by atoms with E-state index in [4.69, 9.17) is 4.74 Å². The SMILES string of the molecule is CC.CC1CCNCC1.COC1CCCCC1. The lowest BCUT2D eigenvalue weighted by Gasteiger charge is -2.19. The van der Waals surface area contributed by atoms with E-state index in [1.54, 1.807) is 0 Å². The minimum atomic E-state index is 0.587. The molecule has 0 amide bonds. The van der Waals surface area contributed by atoms with Crippen LogP contribution in [0.1, 0.15) is 65.7 Å². The first-order valence-corrected chi connectivity index (χ1v) is 7.56. The number of nitrogens with one attached hydrogen (secondary N) is 1. The summed E-state index contributed by atoms with van der Waals surface area (Å²) in [6, 6.07) is 0. The zero-order chi connectivity index (χ0) is 12.9. The van der Waals surface area contributed by atoms with E-state index >= 15 is 0 Å². The molecule has 2 rings (SSSR count). The molecule has 2 nitrogen and oxygen atoms in total. The molecule has 1 aliphatic carbocycles. The quantitative estimate of drug-likeness (QED) is 0.751. The number of hydrogen-bond acceptors (Lipinski definition) is 2. The summed E-state index contributed by atoms with van der Waals surface area (Å²) in [4.78, 5) is 0. The van der Waals surface area contributed by atoms with Crippen molar-refractivity contribution in [2.45, 2.75) is 71.8 Å². The zero-order valence-corrected chi connectivity index (χ0v) is 12.4. The topological polar surface area (TPSA) is 21.3 Å². The van der Waals surface area contributed by atoms with E-state index in [0.29, 0.717) is 6.10 Å². The average Bonchev–Trinajstić information content (AvgIpc) is 2.43. The van der Waals surface area contributed by atoms with E-state index in [1.807, 2.05) is 21.0 Å². The maximum atomic E-state index is 5.19. The van der Waals surface area contributed by atoms with E-state index in [-0.39, 0.29) is 0 Å². The van der Waals surface area contributed by atoms with Gasteiger partial charge in [-0.25, -0.2) is 0 Å². The molecular formula is C15H33NO. The molecule has 2 heteroatoms. The Morgan fingerprint density at radius 2 is 1.41 bits per heavy atom. The molecule has 0 radical (unpaired) electrons. The van der Waals surface area contributed by atoms with Crippen LogP contribution in [-0.4, -0.2) is 26.3 Å².